The van der Waals surface area contributed by atoms with Gasteiger partial charge in [0.15, 0.2) is 0 Å². The van der Waals surface area contributed by atoms with E-state index in [1.54, 1.807) is 12.3 Å². The van der Waals surface area contributed by atoms with Crippen LogP contribution in [0.2, 0.25) is 0 Å². The van der Waals surface area contributed by atoms with E-state index in [1.165, 1.54) is 11.3 Å². The van der Waals surface area contributed by atoms with Crippen molar-refractivity contribution in [3.8, 4) is 11.3 Å². The maximum absolute atomic E-state index is 11.9. The van der Waals surface area contributed by atoms with Gasteiger partial charge in [0.2, 0.25) is 5.95 Å². The molecule has 3 aromatic rings. The Morgan fingerprint density at radius 3 is 2.95 bits per heavy atom. The van der Waals surface area contributed by atoms with Crippen LogP contribution in [0.1, 0.15) is 9.67 Å². The molecule has 2 aromatic heterocycles. The summed E-state index contributed by atoms with van der Waals surface area (Å²) in [4.78, 5) is 19.8. The number of benzene rings is 1. The maximum atomic E-state index is 11.9. The standard InChI is InChI=1S/C14H10BrN3OS/c15-10-4-1-3-9(7-10)11-8-16-14(17-11)18-13(19)12-5-2-6-20-12/h1-8H,(H2,16,17,18,19). The summed E-state index contributed by atoms with van der Waals surface area (Å²) in [5.74, 6) is 0.286. The molecule has 4 nitrogen and oxygen atoms in total. The molecule has 0 saturated carbocycles. The molecule has 0 atom stereocenters. The smallest absolute Gasteiger partial charge is 0.268 e. The van der Waals surface area contributed by atoms with Crippen molar-refractivity contribution in [2.45, 2.75) is 0 Å². The van der Waals surface area contributed by atoms with Gasteiger partial charge in [-0.05, 0) is 23.6 Å². The number of hydrogen-bond donors (Lipinski definition) is 2. The number of nitrogens with zero attached hydrogens (tertiary/aromatic N) is 1. The van der Waals surface area contributed by atoms with Crippen LogP contribution in [0.4, 0.5) is 5.95 Å². The fourth-order valence-electron chi connectivity index (χ4n) is 1.76. The zero-order valence-electron chi connectivity index (χ0n) is 10.3. The fourth-order valence-corrected chi connectivity index (χ4v) is 2.78. The first-order valence-electron chi connectivity index (χ1n) is 5.88. The van der Waals surface area contributed by atoms with Crippen LogP contribution in [0.15, 0.2) is 52.4 Å². The number of rotatable bonds is 3. The molecule has 100 valence electrons. The van der Waals surface area contributed by atoms with Gasteiger partial charge in [-0.3, -0.25) is 10.1 Å². The second-order valence-corrected chi connectivity index (χ2v) is 5.95. The number of carbonyl (C=O) groups is 1. The predicted molar refractivity (Wildman–Crippen MR) is 84.0 cm³/mol. The van der Waals surface area contributed by atoms with Crippen molar-refractivity contribution in [2.75, 3.05) is 5.32 Å². The summed E-state index contributed by atoms with van der Waals surface area (Å²) in [6, 6.07) is 11.5. The summed E-state index contributed by atoms with van der Waals surface area (Å²) >= 11 is 4.83. The highest BCUT2D eigenvalue weighted by Crippen LogP contribution is 2.22. The minimum atomic E-state index is -0.157. The number of carbonyl (C=O) groups excluding carboxylic acids is 1. The summed E-state index contributed by atoms with van der Waals surface area (Å²) in [5, 5.41) is 4.61. The SMILES string of the molecule is O=C(Nc1ncc(-c2cccc(Br)c2)[nH]1)c1cccs1. The lowest BCUT2D eigenvalue weighted by molar-refractivity contribution is 0.103. The highest BCUT2D eigenvalue weighted by molar-refractivity contribution is 9.10. The molecule has 2 heterocycles. The Hall–Kier alpha value is -1.92. The Bertz CT molecular complexity index is 736. The normalized spacial score (nSPS) is 10.4. The number of halogens is 1. The van der Waals surface area contributed by atoms with Gasteiger partial charge in [-0.1, -0.05) is 34.1 Å². The van der Waals surface area contributed by atoms with Crippen LogP contribution < -0.4 is 5.32 Å². The Labute approximate surface area is 128 Å². The van der Waals surface area contributed by atoms with Gasteiger partial charge in [-0.15, -0.1) is 11.3 Å². The van der Waals surface area contributed by atoms with Crippen LogP contribution in [0.5, 0.6) is 0 Å². The molecule has 2 N–H and O–H groups in total. The van der Waals surface area contributed by atoms with Crippen LogP contribution in [0.25, 0.3) is 11.3 Å². The van der Waals surface area contributed by atoms with Gasteiger partial charge in [0.1, 0.15) is 0 Å². The molecule has 6 heteroatoms. The van der Waals surface area contributed by atoms with E-state index < -0.39 is 0 Å². The average molecular weight is 348 g/mol. The highest BCUT2D eigenvalue weighted by Gasteiger charge is 2.09. The van der Waals surface area contributed by atoms with Crippen molar-refractivity contribution in [1.82, 2.24) is 9.97 Å². The number of aromatic amines is 1. The Balaban J connectivity index is 1.79. The number of thiophene rings is 1. The zero-order valence-corrected chi connectivity index (χ0v) is 12.7. The van der Waals surface area contributed by atoms with Gasteiger partial charge in [-0.25, -0.2) is 4.98 Å². The van der Waals surface area contributed by atoms with Crippen molar-refractivity contribution < 1.29 is 4.79 Å². The van der Waals surface area contributed by atoms with Crippen molar-refractivity contribution >= 4 is 39.1 Å². The monoisotopic (exact) mass is 347 g/mol. The second-order valence-electron chi connectivity index (χ2n) is 4.09. The number of anilines is 1. The first-order chi connectivity index (χ1) is 9.72. The van der Waals surface area contributed by atoms with Gasteiger partial charge >= 0.3 is 0 Å². The lowest BCUT2D eigenvalue weighted by Gasteiger charge is -2.00. The average Bonchev–Trinajstić information content (AvgIpc) is 3.10. The van der Waals surface area contributed by atoms with Crippen LogP contribution >= 0.6 is 27.3 Å². The molecule has 0 fully saturated rings. The lowest BCUT2D eigenvalue weighted by atomic mass is 10.2. The van der Waals surface area contributed by atoms with Gasteiger partial charge in [0, 0.05) is 10.0 Å². The van der Waals surface area contributed by atoms with Crippen molar-refractivity contribution in [3.05, 3.63) is 57.3 Å². The number of aromatic nitrogens is 2. The van der Waals surface area contributed by atoms with Gasteiger partial charge in [0.25, 0.3) is 5.91 Å². The number of imidazole rings is 1. The van der Waals surface area contributed by atoms with Crippen LogP contribution in [0, 0.1) is 0 Å². The first kappa shape index (κ1) is 13.1. The van der Waals surface area contributed by atoms with Crippen LogP contribution in [0.3, 0.4) is 0 Å². The number of H-pyrrole nitrogens is 1. The van der Waals surface area contributed by atoms with Gasteiger partial charge in [0.05, 0.1) is 16.8 Å². The third kappa shape index (κ3) is 2.81. The van der Waals surface area contributed by atoms with Crippen molar-refractivity contribution in [3.63, 3.8) is 0 Å². The summed E-state index contributed by atoms with van der Waals surface area (Å²) in [6.45, 7) is 0. The first-order valence-corrected chi connectivity index (χ1v) is 7.55. The van der Waals surface area contributed by atoms with Crippen LogP contribution in [-0.4, -0.2) is 15.9 Å². The van der Waals surface area contributed by atoms with E-state index in [2.05, 4.69) is 31.2 Å². The molecule has 0 spiro atoms. The molecule has 3 rings (SSSR count). The quantitative estimate of drug-likeness (QED) is 0.747. The van der Waals surface area contributed by atoms with Crippen LogP contribution in [-0.2, 0) is 0 Å². The molecule has 1 amide bonds. The Morgan fingerprint density at radius 1 is 1.30 bits per heavy atom. The van der Waals surface area contributed by atoms with Crippen molar-refractivity contribution in [1.29, 1.82) is 0 Å². The largest absolute Gasteiger partial charge is 0.324 e. The summed E-state index contributed by atoms with van der Waals surface area (Å²) < 4.78 is 0.994. The fraction of sp³-hybridized carbons (Fsp3) is 0. The van der Waals surface area contributed by atoms with E-state index in [1.807, 2.05) is 35.7 Å². The molecule has 0 aliphatic carbocycles. The maximum Gasteiger partial charge on any atom is 0.268 e. The Kier molecular flexibility index (Phi) is 3.66. The molecular formula is C14H10BrN3OS. The minimum absolute atomic E-state index is 0.157. The molecular weight excluding hydrogens is 338 g/mol. The van der Waals surface area contributed by atoms with Gasteiger partial charge < -0.3 is 4.98 Å². The molecule has 0 unspecified atom stereocenters. The molecule has 0 bridgehead atoms. The third-order valence-corrected chi connectivity index (χ3v) is 4.05. The predicted octanol–water partition coefficient (Wildman–Crippen LogP) is 4.15. The topological polar surface area (TPSA) is 57.8 Å². The molecule has 1 aromatic carbocycles. The van der Waals surface area contributed by atoms with E-state index in [0.29, 0.717) is 10.8 Å². The highest BCUT2D eigenvalue weighted by atomic mass is 79.9. The van der Waals surface area contributed by atoms with Gasteiger partial charge in [-0.2, -0.15) is 0 Å². The van der Waals surface area contributed by atoms with Crippen molar-refractivity contribution in [2.24, 2.45) is 0 Å². The van der Waals surface area contributed by atoms with E-state index >= 15 is 0 Å². The van der Waals surface area contributed by atoms with E-state index in [9.17, 15) is 4.79 Å². The minimum Gasteiger partial charge on any atom is -0.324 e. The summed E-state index contributed by atoms with van der Waals surface area (Å²) in [5.41, 5.74) is 1.86. The number of amides is 1. The third-order valence-electron chi connectivity index (χ3n) is 2.69. The number of nitrogens with one attached hydrogen (secondary N) is 2. The molecule has 20 heavy (non-hydrogen) atoms. The van der Waals surface area contributed by atoms with E-state index in [0.717, 1.165) is 15.7 Å². The Morgan fingerprint density at radius 2 is 2.20 bits per heavy atom. The van der Waals surface area contributed by atoms with E-state index in [4.69, 9.17) is 0 Å². The number of hydrogen-bond acceptors (Lipinski definition) is 3. The molecule has 0 saturated heterocycles. The molecule has 0 aliphatic rings. The summed E-state index contributed by atoms with van der Waals surface area (Å²) in [6.07, 6.45) is 1.70. The molecule has 0 aliphatic heterocycles. The zero-order chi connectivity index (χ0) is 13.9. The van der Waals surface area contributed by atoms with E-state index in [-0.39, 0.29) is 5.91 Å². The second kappa shape index (κ2) is 5.60. The lowest BCUT2D eigenvalue weighted by Crippen LogP contribution is -2.11. The summed E-state index contributed by atoms with van der Waals surface area (Å²) in [7, 11) is 0. The molecule has 0 radical (unpaired) electrons.